The van der Waals surface area contributed by atoms with Gasteiger partial charge in [0.1, 0.15) is 0 Å². The minimum atomic E-state index is 0.577. The molecule has 1 unspecified atom stereocenters. The number of aryl methyl sites for hydroxylation is 1. The highest BCUT2D eigenvalue weighted by atomic mass is 16.5. The van der Waals surface area contributed by atoms with Gasteiger partial charge in [-0.2, -0.15) is 0 Å². The van der Waals surface area contributed by atoms with E-state index in [0.717, 1.165) is 30.4 Å². The monoisotopic (exact) mass is 279 g/mol. The van der Waals surface area contributed by atoms with Gasteiger partial charge in [-0.3, -0.25) is 0 Å². The van der Waals surface area contributed by atoms with Crippen molar-refractivity contribution < 1.29 is 9.47 Å². The number of benzene rings is 1. The molecule has 0 aliphatic heterocycles. The highest BCUT2D eigenvalue weighted by Gasteiger charge is 2.07. The van der Waals surface area contributed by atoms with E-state index in [2.05, 4.69) is 38.2 Å². The highest BCUT2D eigenvalue weighted by Crippen LogP contribution is 2.28. The van der Waals surface area contributed by atoms with E-state index in [1.165, 1.54) is 18.4 Å². The predicted octanol–water partition coefficient (Wildman–Crippen LogP) is 3.66. The Balaban J connectivity index is 2.41. The van der Waals surface area contributed by atoms with Crippen LogP contribution in [0.4, 0.5) is 0 Å². The summed E-state index contributed by atoms with van der Waals surface area (Å²) in [7, 11) is 3.35. The van der Waals surface area contributed by atoms with Gasteiger partial charge in [0.15, 0.2) is 11.5 Å². The Bertz CT molecular complexity index is 391. The summed E-state index contributed by atoms with van der Waals surface area (Å²) in [4.78, 5) is 0. The van der Waals surface area contributed by atoms with Crippen molar-refractivity contribution in [2.24, 2.45) is 5.92 Å². The highest BCUT2D eigenvalue weighted by molar-refractivity contribution is 5.42. The van der Waals surface area contributed by atoms with Crippen molar-refractivity contribution in [3.63, 3.8) is 0 Å². The van der Waals surface area contributed by atoms with Gasteiger partial charge < -0.3 is 14.8 Å². The molecule has 0 spiro atoms. The van der Waals surface area contributed by atoms with E-state index in [9.17, 15) is 0 Å². The summed E-state index contributed by atoms with van der Waals surface area (Å²) >= 11 is 0. The third kappa shape index (κ3) is 5.83. The zero-order chi connectivity index (χ0) is 15.0. The van der Waals surface area contributed by atoms with Gasteiger partial charge in [0, 0.05) is 6.04 Å². The van der Waals surface area contributed by atoms with Gasteiger partial charge in [0.25, 0.3) is 0 Å². The summed E-state index contributed by atoms with van der Waals surface area (Å²) < 4.78 is 10.6. The molecular weight excluding hydrogens is 250 g/mol. The fourth-order valence-electron chi connectivity index (χ4n) is 2.21. The molecule has 3 heteroatoms. The minimum Gasteiger partial charge on any atom is -0.493 e. The van der Waals surface area contributed by atoms with Crippen LogP contribution in [0.1, 0.15) is 39.2 Å². The maximum atomic E-state index is 5.34. The van der Waals surface area contributed by atoms with Crippen LogP contribution in [0.25, 0.3) is 0 Å². The molecule has 0 aliphatic carbocycles. The van der Waals surface area contributed by atoms with Crippen LogP contribution in [0, 0.1) is 5.92 Å². The first-order valence-corrected chi connectivity index (χ1v) is 7.51. The molecule has 0 radical (unpaired) electrons. The third-order valence-electron chi connectivity index (χ3n) is 3.56. The molecule has 0 fully saturated rings. The number of methoxy groups -OCH3 is 2. The maximum absolute atomic E-state index is 5.34. The lowest BCUT2D eigenvalue weighted by molar-refractivity contribution is 0.354. The van der Waals surface area contributed by atoms with Crippen molar-refractivity contribution in [2.75, 3.05) is 20.8 Å². The summed E-state index contributed by atoms with van der Waals surface area (Å²) in [5.74, 6) is 2.35. The molecule has 20 heavy (non-hydrogen) atoms. The zero-order valence-electron chi connectivity index (χ0n) is 13.5. The first-order chi connectivity index (χ1) is 9.56. The second-order valence-corrected chi connectivity index (χ2v) is 5.73. The molecule has 0 heterocycles. The first kappa shape index (κ1) is 16.8. The number of hydrogen-bond donors (Lipinski definition) is 1. The van der Waals surface area contributed by atoms with Gasteiger partial charge in [-0.15, -0.1) is 0 Å². The van der Waals surface area contributed by atoms with E-state index in [1.54, 1.807) is 14.2 Å². The Kier molecular flexibility index (Phi) is 7.45. The second kappa shape index (κ2) is 8.85. The van der Waals surface area contributed by atoms with E-state index in [1.807, 2.05) is 6.07 Å². The molecule has 1 aromatic carbocycles. The zero-order valence-corrected chi connectivity index (χ0v) is 13.5. The van der Waals surface area contributed by atoms with Gasteiger partial charge in [-0.1, -0.05) is 26.8 Å². The van der Waals surface area contributed by atoms with E-state index in [4.69, 9.17) is 9.47 Å². The summed E-state index contributed by atoms with van der Waals surface area (Å²) in [5.41, 5.74) is 1.31. The summed E-state index contributed by atoms with van der Waals surface area (Å²) in [6.07, 6.45) is 3.52. The molecule has 114 valence electrons. The van der Waals surface area contributed by atoms with Crippen molar-refractivity contribution in [3.05, 3.63) is 23.8 Å². The second-order valence-electron chi connectivity index (χ2n) is 5.73. The van der Waals surface area contributed by atoms with Gasteiger partial charge in [0.05, 0.1) is 14.2 Å². The van der Waals surface area contributed by atoms with Crippen LogP contribution < -0.4 is 14.8 Å². The van der Waals surface area contributed by atoms with E-state index < -0.39 is 0 Å². The van der Waals surface area contributed by atoms with Gasteiger partial charge in [-0.25, -0.2) is 0 Å². The molecule has 0 amide bonds. The summed E-state index contributed by atoms with van der Waals surface area (Å²) in [5, 5.41) is 3.47. The van der Waals surface area contributed by atoms with E-state index >= 15 is 0 Å². The molecule has 0 aromatic heterocycles. The Hall–Kier alpha value is -1.22. The van der Waals surface area contributed by atoms with Crippen LogP contribution in [0.15, 0.2) is 18.2 Å². The Morgan fingerprint density at radius 2 is 1.70 bits per heavy atom. The number of ether oxygens (including phenoxy) is 2. The summed E-state index contributed by atoms with van der Waals surface area (Å²) in [6.45, 7) is 7.80. The lowest BCUT2D eigenvalue weighted by Crippen LogP contribution is -2.24. The average Bonchev–Trinajstić information content (AvgIpc) is 2.44. The van der Waals surface area contributed by atoms with Gasteiger partial charge >= 0.3 is 0 Å². The van der Waals surface area contributed by atoms with Crippen molar-refractivity contribution >= 4 is 0 Å². The standard InChI is InChI=1S/C17H29NO2/c1-13(2)18-11-10-14(3)6-7-15-8-9-16(19-4)17(12-15)20-5/h8-9,12-14,18H,6-7,10-11H2,1-5H3. The molecule has 0 aliphatic rings. The first-order valence-electron chi connectivity index (χ1n) is 7.51. The van der Waals surface area contributed by atoms with Crippen molar-refractivity contribution in [1.82, 2.24) is 5.32 Å². The molecule has 0 saturated carbocycles. The van der Waals surface area contributed by atoms with Crippen molar-refractivity contribution in [2.45, 2.75) is 46.1 Å². The molecule has 3 nitrogen and oxygen atoms in total. The van der Waals surface area contributed by atoms with E-state index in [-0.39, 0.29) is 0 Å². The van der Waals surface area contributed by atoms with Crippen molar-refractivity contribution in [3.8, 4) is 11.5 Å². The smallest absolute Gasteiger partial charge is 0.160 e. The topological polar surface area (TPSA) is 30.5 Å². The molecular formula is C17H29NO2. The SMILES string of the molecule is COc1ccc(CCC(C)CCNC(C)C)cc1OC. The summed E-state index contributed by atoms with van der Waals surface area (Å²) in [6, 6.07) is 6.77. The van der Waals surface area contributed by atoms with Gasteiger partial charge in [0.2, 0.25) is 0 Å². The Labute approximate surface area is 123 Å². The van der Waals surface area contributed by atoms with Crippen LogP contribution in [-0.2, 0) is 6.42 Å². The van der Waals surface area contributed by atoms with Crippen LogP contribution in [0.2, 0.25) is 0 Å². The molecule has 1 aromatic rings. The fraction of sp³-hybridized carbons (Fsp3) is 0.647. The Morgan fingerprint density at radius 3 is 2.30 bits per heavy atom. The van der Waals surface area contributed by atoms with Crippen LogP contribution >= 0.6 is 0 Å². The number of hydrogen-bond acceptors (Lipinski definition) is 3. The molecule has 1 N–H and O–H groups in total. The molecule has 0 saturated heterocycles. The number of nitrogens with one attached hydrogen (secondary N) is 1. The van der Waals surface area contributed by atoms with Crippen LogP contribution in [-0.4, -0.2) is 26.8 Å². The molecule has 0 bridgehead atoms. The van der Waals surface area contributed by atoms with Crippen LogP contribution in [0.3, 0.4) is 0 Å². The largest absolute Gasteiger partial charge is 0.493 e. The van der Waals surface area contributed by atoms with Crippen LogP contribution in [0.5, 0.6) is 11.5 Å². The molecule has 1 atom stereocenters. The van der Waals surface area contributed by atoms with Gasteiger partial charge in [-0.05, 0) is 49.4 Å². The fourth-order valence-corrected chi connectivity index (χ4v) is 2.21. The Morgan fingerprint density at radius 1 is 1.00 bits per heavy atom. The lowest BCUT2D eigenvalue weighted by Gasteiger charge is -2.14. The number of rotatable bonds is 9. The minimum absolute atomic E-state index is 0.577. The van der Waals surface area contributed by atoms with E-state index in [0.29, 0.717) is 6.04 Å². The third-order valence-corrected chi connectivity index (χ3v) is 3.56. The maximum Gasteiger partial charge on any atom is 0.160 e. The normalized spacial score (nSPS) is 12.5. The quantitative estimate of drug-likeness (QED) is 0.748. The van der Waals surface area contributed by atoms with Crippen molar-refractivity contribution in [1.29, 1.82) is 0 Å². The molecule has 1 rings (SSSR count). The average molecular weight is 279 g/mol. The predicted molar refractivity (Wildman–Crippen MR) is 84.8 cm³/mol. The lowest BCUT2D eigenvalue weighted by atomic mass is 9.98.